The van der Waals surface area contributed by atoms with Gasteiger partial charge in [0.15, 0.2) is 0 Å². The molecule has 1 aromatic carbocycles. The fourth-order valence-electron chi connectivity index (χ4n) is 10.5. The Kier molecular flexibility index (Phi) is 17.9. The Balaban J connectivity index is 1.38. The number of hydrogen-bond acceptors (Lipinski definition) is 12. The Morgan fingerprint density at radius 2 is 1.58 bits per heavy atom. The van der Waals surface area contributed by atoms with Crippen molar-refractivity contribution >= 4 is 37.1 Å². The number of methoxy groups -OCH3 is 3. The number of hydrogen-bond donors (Lipinski definition) is 3. The Hall–Kier alpha value is -2.91. The molecule has 1 aromatic rings. The second-order valence-electron chi connectivity index (χ2n) is 19.2. The van der Waals surface area contributed by atoms with Crippen LogP contribution in [0, 0.1) is 23.7 Å². The van der Waals surface area contributed by atoms with Crippen molar-refractivity contribution in [2.45, 2.75) is 171 Å². The molecular formula is C50H73NO12Se. The molecule has 4 heterocycles. The number of nitrogens with zero attached hydrogens (tertiary/aromatic N) is 1. The number of allylic oxidation sites excluding steroid dienone is 3. The molecule has 1 aliphatic carbocycles. The third-order valence-electron chi connectivity index (χ3n) is 14.3. The maximum atomic E-state index is 14.6. The predicted molar refractivity (Wildman–Crippen MR) is 242 cm³/mol. The zero-order valence-corrected chi connectivity index (χ0v) is 40.8. The first kappa shape index (κ1) is 50.5. The Morgan fingerprint density at radius 3 is 2.28 bits per heavy atom. The molecule has 356 valence electrons. The fourth-order valence-corrected chi connectivity index (χ4v) is 12.4. The number of aliphatic hydroxyl groups excluding tert-OH is 2. The van der Waals surface area contributed by atoms with Gasteiger partial charge in [-0.1, -0.05) is 6.92 Å². The van der Waals surface area contributed by atoms with Crippen molar-refractivity contribution in [3.63, 3.8) is 0 Å². The Morgan fingerprint density at radius 1 is 0.875 bits per heavy atom. The summed E-state index contributed by atoms with van der Waals surface area (Å²) in [4.78, 5) is 44.5. The summed E-state index contributed by atoms with van der Waals surface area (Å²) in [6.07, 6.45) is 5.07. The number of amides is 1. The van der Waals surface area contributed by atoms with Crippen molar-refractivity contribution in [3.8, 4) is 0 Å². The van der Waals surface area contributed by atoms with Gasteiger partial charge in [-0.15, -0.1) is 0 Å². The van der Waals surface area contributed by atoms with Crippen molar-refractivity contribution in [2.75, 3.05) is 27.9 Å². The van der Waals surface area contributed by atoms with Crippen molar-refractivity contribution in [2.24, 2.45) is 23.7 Å². The molecule has 2 bridgehead atoms. The second-order valence-corrected chi connectivity index (χ2v) is 21.5. The summed E-state index contributed by atoms with van der Waals surface area (Å²) in [6, 6.07) is 9.32. The van der Waals surface area contributed by atoms with Crippen LogP contribution in [0.1, 0.15) is 105 Å². The standard InChI is InChI=1S/C50H73NO12Se/c1-29-20-30(2)22-43(59-7)46-44(60-8)24-32(4)50(57,63-46)47(54)48(55)51-19-13-12-16-38(51)49(56)62-45(31(3)23-34-17-18-39(52)42(25-34)58-6)33(5)40(53)27-41-35(21-29)26-36(61-41)28-64-37-14-10-9-11-15-37/h9-11,14-15,21,23,30,32-34,36,38-40,42-46,52-53,57H,12-13,16-20,22,24-28H2,1-8H3. The normalized spacial score (nSPS) is 37.8. The number of ketones is 1. The molecular weight excluding hydrogens is 886 g/mol. The molecule has 64 heavy (non-hydrogen) atoms. The minimum absolute atomic E-state index is 0.0274. The van der Waals surface area contributed by atoms with Gasteiger partial charge in [-0.25, -0.2) is 0 Å². The molecule has 0 aromatic heterocycles. The number of carbonyl (C=O) groups is 3. The molecule has 1 amide bonds. The molecule has 0 radical (unpaired) electrons. The number of benzene rings is 1. The SMILES string of the molecule is COC1CC(C=C(C)C2OC(=O)C3CCCCN3C(=O)C(=O)C3(O)OC(C(OC)CC(C)CC(C)=CC4=C(CC(O)C2C)OC(C[Se]c2ccccc2)C4)C(OC)CC3C)CCC1O. The van der Waals surface area contributed by atoms with Gasteiger partial charge in [0, 0.05) is 26.7 Å². The molecule has 14 unspecified atom stereocenters. The molecule has 5 aliphatic rings. The van der Waals surface area contributed by atoms with E-state index in [0.717, 1.165) is 27.8 Å². The topological polar surface area (TPSA) is 171 Å². The van der Waals surface area contributed by atoms with E-state index in [9.17, 15) is 29.7 Å². The summed E-state index contributed by atoms with van der Waals surface area (Å²) in [5, 5.41) is 35.8. The molecule has 1 saturated carbocycles. The van der Waals surface area contributed by atoms with E-state index in [1.807, 2.05) is 19.9 Å². The summed E-state index contributed by atoms with van der Waals surface area (Å²) in [5.41, 5.74) is 2.89. The molecule has 14 heteroatoms. The van der Waals surface area contributed by atoms with Crippen molar-refractivity contribution in [1.82, 2.24) is 4.90 Å². The van der Waals surface area contributed by atoms with Crippen LogP contribution < -0.4 is 4.46 Å². The summed E-state index contributed by atoms with van der Waals surface area (Å²) >= 11 is 0.186. The molecule has 3 fully saturated rings. The second kappa shape index (κ2) is 22.7. The van der Waals surface area contributed by atoms with E-state index in [1.165, 1.54) is 9.36 Å². The van der Waals surface area contributed by atoms with Crippen LogP contribution in [0.5, 0.6) is 0 Å². The van der Waals surface area contributed by atoms with Crippen LogP contribution >= 0.6 is 0 Å². The minimum atomic E-state index is -2.49. The van der Waals surface area contributed by atoms with E-state index in [-0.39, 0.29) is 64.8 Å². The van der Waals surface area contributed by atoms with Gasteiger partial charge in [0.2, 0.25) is 5.79 Å². The van der Waals surface area contributed by atoms with Gasteiger partial charge in [0.05, 0.1) is 12.2 Å². The fraction of sp³-hybridized carbons (Fsp3) is 0.700. The van der Waals surface area contributed by atoms with E-state index in [0.29, 0.717) is 51.4 Å². The third-order valence-corrected chi connectivity index (χ3v) is 16.7. The smallest absolute Gasteiger partial charge is 0.390 e. The van der Waals surface area contributed by atoms with E-state index >= 15 is 0 Å². The Labute approximate surface area is 386 Å². The Bertz CT molecular complexity index is 1850. The van der Waals surface area contributed by atoms with Crippen molar-refractivity contribution in [1.29, 1.82) is 0 Å². The van der Waals surface area contributed by atoms with Crippen LogP contribution in [0.3, 0.4) is 0 Å². The first-order valence-electron chi connectivity index (χ1n) is 23.4. The number of cyclic esters (lactones) is 1. The van der Waals surface area contributed by atoms with E-state index in [4.69, 9.17) is 28.4 Å². The van der Waals surface area contributed by atoms with E-state index < -0.39 is 77.9 Å². The van der Waals surface area contributed by atoms with Gasteiger partial charge in [-0.2, -0.15) is 0 Å². The number of esters is 1. The molecule has 14 atom stereocenters. The van der Waals surface area contributed by atoms with E-state index in [2.05, 4.69) is 50.3 Å². The van der Waals surface area contributed by atoms with Gasteiger partial charge in [0.25, 0.3) is 11.7 Å². The summed E-state index contributed by atoms with van der Waals surface area (Å²) in [5.74, 6) is -5.92. The average Bonchev–Trinajstić information content (AvgIpc) is 3.66. The first-order chi connectivity index (χ1) is 30.6. The number of piperidine rings is 1. The van der Waals surface area contributed by atoms with Crippen LogP contribution in [0.25, 0.3) is 0 Å². The number of rotatable bonds is 8. The minimum Gasteiger partial charge on any atom is -0.390 e. The van der Waals surface area contributed by atoms with Crippen LogP contribution in [0.4, 0.5) is 0 Å². The zero-order chi connectivity index (χ0) is 46.3. The van der Waals surface area contributed by atoms with Crippen LogP contribution in [-0.2, 0) is 42.8 Å². The molecule has 13 nitrogen and oxygen atoms in total. The van der Waals surface area contributed by atoms with Crippen LogP contribution in [-0.4, -0.2) is 141 Å². The summed E-state index contributed by atoms with van der Waals surface area (Å²) in [7, 11) is 4.72. The zero-order valence-electron chi connectivity index (χ0n) is 39.1. The predicted octanol–water partition coefficient (Wildman–Crippen LogP) is 5.37. The molecule has 2 saturated heterocycles. The first-order valence-corrected chi connectivity index (χ1v) is 25.5. The summed E-state index contributed by atoms with van der Waals surface area (Å²) < 4.78 is 38.3. The van der Waals surface area contributed by atoms with Crippen molar-refractivity contribution in [3.05, 3.63) is 65.0 Å². The van der Waals surface area contributed by atoms with Gasteiger partial charge >= 0.3 is 270 Å². The molecule has 4 aliphatic heterocycles. The number of fused-ring (bicyclic) bond motifs is 3. The van der Waals surface area contributed by atoms with Gasteiger partial charge in [0.1, 0.15) is 0 Å². The van der Waals surface area contributed by atoms with E-state index in [1.54, 1.807) is 28.3 Å². The van der Waals surface area contributed by atoms with Crippen LogP contribution in [0.2, 0.25) is 5.32 Å². The van der Waals surface area contributed by atoms with Gasteiger partial charge in [-0.3, -0.25) is 9.59 Å². The quantitative estimate of drug-likeness (QED) is 0.132. The van der Waals surface area contributed by atoms with Crippen LogP contribution in [0.15, 0.2) is 65.0 Å². The number of Topliss-reactive ketones (excluding diaryl/α,β-unsaturated/α-hetero) is 1. The molecule has 3 N–H and O–H groups in total. The monoisotopic (exact) mass is 959 g/mol. The molecule has 0 spiro atoms. The van der Waals surface area contributed by atoms with Gasteiger partial charge in [-0.05, 0) is 25.7 Å². The number of carbonyl (C=O) groups excluding carboxylic acids is 3. The maximum absolute atomic E-state index is 14.6. The molecule has 6 rings (SSSR count). The summed E-state index contributed by atoms with van der Waals surface area (Å²) in [6.45, 7) is 9.75. The van der Waals surface area contributed by atoms with Gasteiger partial charge < -0.3 is 19.7 Å². The number of ether oxygens (including phenoxy) is 6. The average molecular weight is 959 g/mol. The third kappa shape index (κ3) is 12.0. The number of aliphatic hydroxyl groups is 3. The van der Waals surface area contributed by atoms with Crippen molar-refractivity contribution < 1.29 is 58.1 Å².